The zero-order valence-electron chi connectivity index (χ0n) is 14.1. The zero-order chi connectivity index (χ0) is 16.6. The maximum atomic E-state index is 12.0. The molecule has 132 valence electrons. The number of benzene rings is 1. The van der Waals surface area contributed by atoms with E-state index in [9.17, 15) is 4.79 Å². The number of rotatable bonds is 5. The van der Waals surface area contributed by atoms with Gasteiger partial charge >= 0.3 is 6.03 Å². The highest BCUT2D eigenvalue weighted by Crippen LogP contribution is 2.12. The Morgan fingerprint density at radius 2 is 1.92 bits per heavy atom. The van der Waals surface area contributed by atoms with Gasteiger partial charge in [0.05, 0.1) is 25.9 Å². The normalized spacial score (nSPS) is 22.1. The predicted octanol–water partition coefficient (Wildman–Crippen LogP) is 1.86. The number of carbonyl (C=O) groups excluding carboxylic acids is 1. The molecule has 6 heteroatoms. The second kappa shape index (κ2) is 9.01. The fourth-order valence-electron chi connectivity index (χ4n) is 3.07. The fourth-order valence-corrected chi connectivity index (χ4v) is 3.07. The lowest BCUT2D eigenvalue weighted by molar-refractivity contribution is 0.0384. The minimum absolute atomic E-state index is 0.117. The van der Waals surface area contributed by atoms with Gasteiger partial charge in [-0.3, -0.25) is 4.90 Å². The smallest absolute Gasteiger partial charge is 0.319 e. The molecule has 0 unspecified atom stereocenters. The van der Waals surface area contributed by atoms with Crippen molar-refractivity contribution in [3.05, 3.63) is 29.8 Å². The molecule has 6 nitrogen and oxygen atoms in total. The van der Waals surface area contributed by atoms with Gasteiger partial charge in [0.1, 0.15) is 0 Å². The molecular weight excluding hydrogens is 306 g/mol. The highest BCUT2D eigenvalue weighted by atomic mass is 16.5. The van der Waals surface area contributed by atoms with Crippen molar-refractivity contribution in [2.75, 3.05) is 51.4 Å². The van der Waals surface area contributed by atoms with Gasteiger partial charge in [0.2, 0.25) is 0 Å². The Kier molecular flexibility index (Phi) is 6.46. The number of nitrogens with one attached hydrogen (secondary N) is 2. The number of hydrogen-bond donors (Lipinski definition) is 2. The molecule has 0 aromatic heterocycles. The second-order valence-corrected chi connectivity index (χ2v) is 6.41. The topological polar surface area (TPSA) is 62.8 Å². The maximum Gasteiger partial charge on any atom is 0.319 e. The lowest BCUT2D eigenvalue weighted by Gasteiger charge is -2.26. The van der Waals surface area contributed by atoms with Crippen LogP contribution < -0.4 is 10.6 Å². The van der Waals surface area contributed by atoms with Crippen LogP contribution in [0.2, 0.25) is 0 Å². The van der Waals surface area contributed by atoms with Gasteiger partial charge in [0, 0.05) is 31.9 Å². The summed E-state index contributed by atoms with van der Waals surface area (Å²) >= 11 is 0. The average Bonchev–Trinajstić information content (AvgIpc) is 2.63. The van der Waals surface area contributed by atoms with Gasteiger partial charge < -0.3 is 20.1 Å². The van der Waals surface area contributed by atoms with Crippen LogP contribution in [0.4, 0.5) is 10.5 Å². The second-order valence-electron chi connectivity index (χ2n) is 6.41. The van der Waals surface area contributed by atoms with Crippen molar-refractivity contribution in [3.8, 4) is 0 Å². The third-order valence-electron chi connectivity index (χ3n) is 4.53. The first-order valence-corrected chi connectivity index (χ1v) is 8.84. The summed E-state index contributed by atoms with van der Waals surface area (Å²) in [6.07, 6.45) is 3.00. The number of urea groups is 1. The number of anilines is 1. The first kappa shape index (κ1) is 17.2. The third-order valence-corrected chi connectivity index (χ3v) is 4.53. The molecule has 2 aliphatic heterocycles. The van der Waals surface area contributed by atoms with Crippen LogP contribution in [0.3, 0.4) is 0 Å². The van der Waals surface area contributed by atoms with Crippen molar-refractivity contribution in [2.24, 2.45) is 0 Å². The molecule has 2 heterocycles. The van der Waals surface area contributed by atoms with Gasteiger partial charge in [-0.15, -0.1) is 0 Å². The largest absolute Gasteiger partial charge is 0.379 e. The monoisotopic (exact) mass is 333 g/mol. The number of nitrogens with zero attached hydrogens (tertiary/aromatic N) is 1. The van der Waals surface area contributed by atoms with Crippen molar-refractivity contribution in [3.63, 3.8) is 0 Å². The molecule has 0 spiro atoms. The Labute approximate surface area is 143 Å². The van der Waals surface area contributed by atoms with E-state index in [1.165, 1.54) is 5.56 Å². The Morgan fingerprint density at radius 3 is 2.62 bits per heavy atom. The van der Waals surface area contributed by atoms with Crippen molar-refractivity contribution in [2.45, 2.75) is 25.3 Å². The van der Waals surface area contributed by atoms with Gasteiger partial charge in [-0.05, 0) is 37.0 Å². The van der Waals surface area contributed by atoms with Gasteiger partial charge in [-0.1, -0.05) is 12.1 Å². The van der Waals surface area contributed by atoms with Gasteiger partial charge in [-0.25, -0.2) is 4.79 Å². The number of ether oxygens (including phenoxy) is 2. The van der Waals surface area contributed by atoms with Gasteiger partial charge in [0.15, 0.2) is 0 Å². The van der Waals surface area contributed by atoms with Gasteiger partial charge in [-0.2, -0.15) is 0 Å². The van der Waals surface area contributed by atoms with E-state index in [1.54, 1.807) is 0 Å². The van der Waals surface area contributed by atoms with Crippen LogP contribution in [0.5, 0.6) is 0 Å². The molecule has 2 fully saturated rings. The summed E-state index contributed by atoms with van der Waals surface area (Å²) in [7, 11) is 0. The number of morpholine rings is 1. The maximum absolute atomic E-state index is 12.0. The lowest BCUT2D eigenvalue weighted by Crippen LogP contribution is -2.42. The molecule has 2 N–H and O–H groups in total. The standard InChI is InChI=1S/C18H27N3O3/c22-18(20-17-2-1-11-24-14-17)19-16-5-3-15(4-6-16)7-8-21-9-12-23-13-10-21/h3-6,17H,1-2,7-14H2,(H2,19,20,22)/t17-/m1/s1. The van der Waals surface area contributed by atoms with E-state index in [-0.39, 0.29) is 12.1 Å². The highest BCUT2D eigenvalue weighted by molar-refractivity contribution is 5.89. The van der Waals surface area contributed by atoms with E-state index in [0.717, 1.165) is 64.4 Å². The SMILES string of the molecule is O=C(Nc1ccc(CCN2CCOCC2)cc1)N[C@@H]1CCCOC1. The fraction of sp³-hybridized carbons (Fsp3) is 0.611. The first-order chi connectivity index (χ1) is 11.8. The molecule has 2 aliphatic rings. The van der Waals surface area contributed by atoms with Gasteiger partial charge in [0.25, 0.3) is 0 Å². The van der Waals surface area contributed by atoms with Crippen LogP contribution in [0, 0.1) is 0 Å². The third kappa shape index (κ3) is 5.47. The molecule has 0 radical (unpaired) electrons. The zero-order valence-corrected chi connectivity index (χ0v) is 14.1. The quantitative estimate of drug-likeness (QED) is 0.863. The summed E-state index contributed by atoms with van der Waals surface area (Å²) < 4.78 is 10.7. The molecule has 1 aromatic carbocycles. The number of amides is 2. The minimum Gasteiger partial charge on any atom is -0.379 e. The van der Waals surface area contributed by atoms with Crippen molar-refractivity contribution in [1.82, 2.24) is 10.2 Å². The van der Waals surface area contributed by atoms with Crippen LogP contribution in [0.15, 0.2) is 24.3 Å². The van der Waals surface area contributed by atoms with Crippen molar-refractivity contribution in [1.29, 1.82) is 0 Å². The van der Waals surface area contributed by atoms with Crippen LogP contribution in [0.25, 0.3) is 0 Å². The van der Waals surface area contributed by atoms with E-state index in [1.807, 2.05) is 12.1 Å². The van der Waals surface area contributed by atoms with Crippen molar-refractivity contribution >= 4 is 11.7 Å². The van der Waals surface area contributed by atoms with Crippen LogP contribution in [-0.4, -0.2) is 63.0 Å². The lowest BCUT2D eigenvalue weighted by atomic mass is 10.1. The van der Waals surface area contributed by atoms with Crippen LogP contribution in [-0.2, 0) is 15.9 Å². The Bertz CT molecular complexity index is 509. The first-order valence-electron chi connectivity index (χ1n) is 8.84. The van der Waals surface area contributed by atoms with E-state index >= 15 is 0 Å². The summed E-state index contributed by atoms with van der Waals surface area (Å²) in [5.41, 5.74) is 2.10. The molecule has 0 saturated carbocycles. The van der Waals surface area contributed by atoms with E-state index in [2.05, 4.69) is 27.7 Å². The Morgan fingerprint density at radius 1 is 1.12 bits per heavy atom. The minimum atomic E-state index is -0.161. The van der Waals surface area contributed by atoms with E-state index in [4.69, 9.17) is 9.47 Å². The Hall–Kier alpha value is -1.63. The molecule has 24 heavy (non-hydrogen) atoms. The summed E-state index contributed by atoms with van der Waals surface area (Å²) in [6.45, 7) is 6.17. The molecule has 1 atom stereocenters. The predicted molar refractivity (Wildman–Crippen MR) is 93.4 cm³/mol. The number of carbonyl (C=O) groups is 1. The van der Waals surface area contributed by atoms with E-state index in [0.29, 0.717) is 6.61 Å². The molecule has 2 amide bonds. The summed E-state index contributed by atoms with van der Waals surface area (Å²) in [4.78, 5) is 14.4. The average molecular weight is 333 g/mol. The number of hydrogen-bond acceptors (Lipinski definition) is 4. The van der Waals surface area contributed by atoms with E-state index < -0.39 is 0 Å². The molecule has 2 saturated heterocycles. The molecule has 0 bridgehead atoms. The van der Waals surface area contributed by atoms with Crippen LogP contribution >= 0.6 is 0 Å². The molecule has 3 rings (SSSR count). The highest BCUT2D eigenvalue weighted by Gasteiger charge is 2.16. The van der Waals surface area contributed by atoms with Crippen molar-refractivity contribution < 1.29 is 14.3 Å². The Balaban J connectivity index is 1.41. The summed E-state index contributed by atoms with van der Waals surface area (Å²) in [5, 5.41) is 5.85. The molecule has 0 aliphatic carbocycles. The summed E-state index contributed by atoms with van der Waals surface area (Å²) in [6, 6.07) is 8.05. The molecule has 1 aromatic rings. The summed E-state index contributed by atoms with van der Waals surface area (Å²) in [5.74, 6) is 0. The molecular formula is C18H27N3O3. The van der Waals surface area contributed by atoms with Crippen LogP contribution in [0.1, 0.15) is 18.4 Å².